The minimum absolute atomic E-state index is 0.0606. The molecule has 0 aliphatic rings. The first kappa shape index (κ1) is 66.4. The smallest absolute Gasteiger partial charge is 0.306 e. The molecule has 0 amide bonds. The molecule has 0 N–H and O–H groups in total. The standard InChI is InChI=1S/C62H120O6/c1-4-7-10-13-16-19-22-25-28-30-31-33-34-37-40-43-46-49-52-55-61(64)67-58-59(57-66-60(63)54-51-48-45-42-39-36-27-24-21-18-15-12-9-6-3)68-62(65)56-53-50-47-44-41-38-35-32-29-26-23-20-17-14-11-8-5-2/h59H,4-58H2,1-3H3/t59-/m1/s1. The first-order valence-electron chi connectivity index (χ1n) is 31.0. The molecule has 0 aromatic heterocycles. The molecule has 1 atom stereocenters. The zero-order valence-electron chi connectivity index (χ0n) is 46.4. The van der Waals surface area contributed by atoms with E-state index in [2.05, 4.69) is 20.8 Å². The fourth-order valence-corrected chi connectivity index (χ4v) is 9.68. The average Bonchev–Trinajstić information content (AvgIpc) is 3.34. The van der Waals surface area contributed by atoms with Crippen molar-refractivity contribution in [3.63, 3.8) is 0 Å². The second-order valence-electron chi connectivity index (χ2n) is 21.3. The molecule has 0 saturated heterocycles. The number of esters is 3. The fraction of sp³-hybridized carbons (Fsp3) is 0.952. The van der Waals surface area contributed by atoms with Crippen LogP contribution in [0.2, 0.25) is 0 Å². The van der Waals surface area contributed by atoms with Gasteiger partial charge in [-0.15, -0.1) is 0 Å². The zero-order valence-corrected chi connectivity index (χ0v) is 46.4. The molecular weight excluding hydrogens is 841 g/mol. The normalized spacial score (nSPS) is 11.9. The van der Waals surface area contributed by atoms with Crippen LogP contribution in [0.3, 0.4) is 0 Å². The van der Waals surface area contributed by atoms with E-state index in [-0.39, 0.29) is 31.1 Å². The summed E-state index contributed by atoms with van der Waals surface area (Å²) >= 11 is 0. The zero-order chi connectivity index (χ0) is 49.3. The van der Waals surface area contributed by atoms with Crippen LogP contribution in [0.1, 0.15) is 361 Å². The van der Waals surface area contributed by atoms with Crippen molar-refractivity contribution in [3.05, 3.63) is 0 Å². The van der Waals surface area contributed by atoms with E-state index in [4.69, 9.17) is 14.2 Å². The van der Waals surface area contributed by atoms with Gasteiger partial charge in [0.05, 0.1) is 0 Å². The Morgan fingerprint density at radius 2 is 0.397 bits per heavy atom. The van der Waals surface area contributed by atoms with Gasteiger partial charge in [0.1, 0.15) is 13.2 Å². The van der Waals surface area contributed by atoms with Crippen LogP contribution in [0.15, 0.2) is 0 Å². The molecule has 0 aliphatic heterocycles. The summed E-state index contributed by atoms with van der Waals surface area (Å²) in [5.41, 5.74) is 0. The Morgan fingerprint density at radius 3 is 0.588 bits per heavy atom. The Balaban J connectivity index is 4.27. The van der Waals surface area contributed by atoms with Gasteiger partial charge in [-0.3, -0.25) is 14.4 Å². The highest BCUT2D eigenvalue weighted by Gasteiger charge is 2.19. The van der Waals surface area contributed by atoms with Crippen molar-refractivity contribution in [3.8, 4) is 0 Å². The SMILES string of the molecule is CCCCCCCCCCCCCCCCCCCCCC(=O)OC[C@@H](COC(=O)CCCCCCCCCCCCCCCC)OC(=O)CCCCCCCCCCCCCCCCCCC. The molecular formula is C62H120O6. The van der Waals surface area contributed by atoms with E-state index in [1.54, 1.807) is 0 Å². The molecule has 0 fully saturated rings. The largest absolute Gasteiger partial charge is 0.462 e. The van der Waals surface area contributed by atoms with Crippen LogP contribution in [0, 0.1) is 0 Å². The third-order valence-corrected chi connectivity index (χ3v) is 14.4. The Morgan fingerprint density at radius 1 is 0.235 bits per heavy atom. The van der Waals surface area contributed by atoms with Gasteiger partial charge in [-0.05, 0) is 19.3 Å². The predicted octanol–water partition coefficient (Wildman–Crippen LogP) is 20.7. The molecule has 404 valence electrons. The van der Waals surface area contributed by atoms with Gasteiger partial charge in [0.2, 0.25) is 0 Å². The Bertz CT molecular complexity index is 1010. The van der Waals surface area contributed by atoms with Crippen LogP contribution in [0.5, 0.6) is 0 Å². The molecule has 0 aromatic carbocycles. The van der Waals surface area contributed by atoms with Crippen molar-refractivity contribution in [2.45, 2.75) is 367 Å². The van der Waals surface area contributed by atoms with Crippen molar-refractivity contribution < 1.29 is 28.6 Å². The predicted molar refractivity (Wildman–Crippen MR) is 294 cm³/mol. The highest BCUT2D eigenvalue weighted by Crippen LogP contribution is 2.18. The van der Waals surface area contributed by atoms with Gasteiger partial charge in [-0.1, -0.05) is 323 Å². The van der Waals surface area contributed by atoms with Gasteiger partial charge < -0.3 is 14.2 Å². The molecule has 0 aliphatic carbocycles. The highest BCUT2D eigenvalue weighted by atomic mass is 16.6. The Labute approximate surface area is 425 Å². The van der Waals surface area contributed by atoms with Crippen molar-refractivity contribution in [1.82, 2.24) is 0 Å². The summed E-state index contributed by atoms with van der Waals surface area (Å²) in [6.45, 7) is 6.72. The van der Waals surface area contributed by atoms with Crippen LogP contribution in [0.4, 0.5) is 0 Å². The first-order valence-corrected chi connectivity index (χ1v) is 31.0. The van der Waals surface area contributed by atoms with E-state index in [1.165, 1.54) is 263 Å². The van der Waals surface area contributed by atoms with Gasteiger partial charge in [0, 0.05) is 19.3 Å². The molecule has 0 unspecified atom stereocenters. The first-order chi connectivity index (χ1) is 33.5. The number of hydrogen-bond donors (Lipinski definition) is 0. The number of carbonyl (C=O) groups is 3. The maximum absolute atomic E-state index is 12.9. The monoisotopic (exact) mass is 961 g/mol. The number of hydrogen-bond acceptors (Lipinski definition) is 6. The third-order valence-electron chi connectivity index (χ3n) is 14.4. The quantitative estimate of drug-likeness (QED) is 0.0343. The lowest BCUT2D eigenvalue weighted by atomic mass is 10.0. The van der Waals surface area contributed by atoms with E-state index in [1.807, 2.05) is 0 Å². The summed E-state index contributed by atoms with van der Waals surface area (Å²) in [7, 11) is 0. The molecule has 68 heavy (non-hydrogen) atoms. The van der Waals surface area contributed by atoms with Crippen LogP contribution >= 0.6 is 0 Å². The van der Waals surface area contributed by atoms with Gasteiger partial charge >= 0.3 is 17.9 Å². The van der Waals surface area contributed by atoms with E-state index in [0.29, 0.717) is 19.3 Å². The molecule has 6 nitrogen and oxygen atoms in total. The lowest BCUT2D eigenvalue weighted by Crippen LogP contribution is -2.30. The van der Waals surface area contributed by atoms with E-state index >= 15 is 0 Å². The lowest BCUT2D eigenvalue weighted by Gasteiger charge is -2.18. The summed E-state index contributed by atoms with van der Waals surface area (Å²) in [6.07, 6.45) is 65.3. The summed E-state index contributed by atoms with van der Waals surface area (Å²) in [4.78, 5) is 38.2. The molecule has 0 aromatic rings. The average molecular weight is 962 g/mol. The fourth-order valence-electron chi connectivity index (χ4n) is 9.68. The molecule has 0 radical (unpaired) electrons. The summed E-state index contributed by atoms with van der Waals surface area (Å²) in [5, 5.41) is 0. The van der Waals surface area contributed by atoms with Crippen molar-refractivity contribution in [2.75, 3.05) is 13.2 Å². The lowest BCUT2D eigenvalue weighted by molar-refractivity contribution is -0.167. The Kier molecular flexibility index (Phi) is 56.6. The van der Waals surface area contributed by atoms with E-state index < -0.39 is 6.10 Å². The Hall–Kier alpha value is -1.59. The molecule has 0 bridgehead atoms. The van der Waals surface area contributed by atoms with Crippen LogP contribution < -0.4 is 0 Å². The van der Waals surface area contributed by atoms with Gasteiger partial charge in [-0.25, -0.2) is 0 Å². The molecule has 0 rings (SSSR count). The maximum atomic E-state index is 12.9. The topological polar surface area (TPSA) is 78.9 Å². The van der Waals surface area contributed by atoms with Gasteiger partial charge in [0.25, 0.3) is 0 Å². The van der Waals surface area contributed by atoms with Crippen LogP contribution in [-0.2, 0) is 28.6 Å². The summed E-state index contributed by atoms with van der Waals surface area (Å²) in [5.74, 6) is -0.827. The summed E-state index contributed by atoms with van der Waals surface area (Å²) in [6, 6.07) is 0. The minimum Gasteiger partial charge on any atom is -0.462 e. The summed E-state index contributed by atoms with van der Waals surface area (Å²) < 4.78 is 16.9. The number of rotatable bonds is 58. The number of unbranched alkanes of at least 4 members (excludes halogenated alkanes) is 47. The molecule has 6 heteroatoms. The van der Waals surface area contributed by atoms with E-state index in [9.17, 15) is 14.4 Å². The number of carbonyl (C=O) groups excluding carboxylic acids is 3. The van der Waals surface area contributed by atoms with Crippen molar-refractivity contribution in [2.24, 2.45) is 0 Å². The second kappa shape index (κ2) is 58.0. The second-order valence-corrected chi connectivity index (χ2v) is 21.3. The minimum atomic E-state index is -0.761. The van der Waals surface area contributed by atoms with Gasteiger partial charge in [-0.2, -0.15) is 0 Å². The van der Waals surface area contributed by atoms with Crippen molar-refractivity contribution in [1.29, 1.82) is 0 Å². The van der Waals surface area contributed by atoms with Gasteiger partial charge in [0.15, 0.2) is 6.10 Å². The molecule has 0 heterocycles. The molecule has 0 spiro atoms. The maximum Gasteiger partial charge on any atom is 0.306 e. The van der Waals surface area contributed by atoms with E-state index in [0.717, 1.165) is 57.8 Å². The van der Waals surface area contributed by atoms with Crippen LogP contribution in [-0.4, -0.2) is 37.2 Å². The highest BCUT2D eigenvalue weighted by molar-refractivity contribution is 5.71. The third kappa shape index (κ3) is 55.3. The molecule has 0 saturated carbocycles. The van der Waals surface area contributed by atoms with Crippen LogP contribution in [0.25, 0.3) is 0 Å². The number of ether oxygens (including phenoxy) is 3. The van der Waals surface area contributed by atoms with Crippen molar-refractivity contribution >= 4 is 17.9 Å².